The molecule has 0 aliphatic carbocycles. The number of carbonyl (C=O) groups excluding carboxylic acids is 1. The molecule has 1 amide bonds. The van der Waals surface area contributed by atoms with Crippen LogP contribution in [0.15, 0.2) is 58.9 Å². The molecule has 0 N–H and O–H groups in total. The molecule has 11 heteroatoms. The standard InChI is InChI=1S/C25H27N3O6S2/c1-4-9-28-20-12-21-22(33-11-10-32-21)13-23(20)35-25(28)26-24(29)18-5-7-19(8-6-18)36(30,31)27-14-16(2)34-17(3)15-27/h4-8,12-13,16-17H,1,9-11,14-15H2,2-3H3. The van der Waals surface area contributed by atoms with Gasteiger partial charge in [0.2, 0.25) is 10.0 Å². The van der Waals surface area contributed by atoms with Crippen molar-refractivity contribution in [1.82, 2.24) is 8.87 Å². The minimum atomic E-state index is -3.69. The fourth-order valence-corrected chi connectivity index (χ4v) is 7.03. The van der Waals surface area contributed by atoms with Gasteiger partial charge in [0.05, 0.1) is 27.3 Å². The monoisotopic (exact) mass is 529 g/mol. The maximum absolute atomic E-state index is 13.1. The molecule has 0 bridgehead atoms. The Hall–Kier alpha value is -2.99. The first-order valence-electron chi connectivity index (χ1n) is 11.6. The zero-order valence-electron chi connectivity index (χ0n) is 20.0. The highest BCUT2D eigenvalue weighted by molar-refractivity contribution is 7.89. The lowest BCUT2D eigenvalue weighted by Gasteiger charge is -2.34. The highest BCUT2D eigenvalue weighted by Gasteiger charge is 2.32. The van der Waals surface area contributed by atoms with Crippen LogP contribution in [-0.2, 0) is 21.3 Å². The van der Waals surface area contributed by atoms with Crippen molar-refractivity contribution < 1.29 is 27.4 Å². The van der Waals surface area contributed by atoms with E-state index >= 15 is 0 Å². The van der Waals surface area contributed by atoms with Crippen LogP contribution in [0.3, 0.4) is 0 Å². The summed E-state index contributed by atoms with van der Waals surface area (Å²) in [4.78, 5) is 18.0. The Morgan fingerprint density at radius 2 is 1.75 bits per heavy atom. The Morgan fingerprint density at radius 1 is 1.11 bits per heavy atom. The van der Waals surface area contributed by atoms with Crippen LogP contribution in [0.2, 0.25) is 0 Å². The fourth-order valence-electron chi connectivity index (χ4n) is 4.39. The van der Waals surface area contributed by atoms with E-state index in [9.17, 15) is 13.2 Å². The molecule has 1 fully saturated rings. The lowest BCUT2D eigenvalue weighted by molar-refractivity contribution is -0.0440. The first-order chi connectivity index (χ1) is 17.3. The van der Waals surface area contributed by atoms with Crippen molar-refractivity contribution >= 4 is 37.5 Å². The number of carbonyl (C=O) groups is 1. The SMILES string of the molecule is C=CCn1c(=NC(=O)c2ccc(S(=O)(=O)N3CC(C)OC(C)C3)cc2)sc2cc3c(cc21)OCCO3. The Morgan fingerprint density at radius 3 is 2.39 bits per heavy atom. The average Bonchev–Trinajstić information content (AvgIpc) is 3.18. The third-order valence-electron chi connectivity index (χ3n) is 5.98. The summed E-state index contributed by atoms with van der Waals surface area (Å²) >= 11 is 1.36. The number of allylic oxidation sites excluding steroid dienone is 1. The van der Waals surface area contributed by atoms with Crippen LogP contribution in [-0.4, -0.2) is 61.7 Å². The van der Waals surface area contributed by atoms with Crippen LogP contribution < -0.4 is 14.3 Å². The molecule has 9 nitrogen and oxygen atoms in total. The molecule has 1 saturated heterocycles. The van der Waals surface area contributed by atoms with E-state index in [0.29, 0.717) is 41.6 Å². The van der Waals surface area contributed by atoms with E-state index in [-0.39, 0.29) is 30.2 Å². The normalized spacial score (nSPS) is 21.0. The molecule has 2 aromatic carbocycles. The Labute approximate surface area is 213 Å². The molecule has 5 rings (SSSR count). The summed E-state index contributed by atoms with van der Waals surface area (Å²) in [5.74, 6) is 0.858. The van der Waals surface area contributed by atoms with Gasteiger partial charge in [-0.15, -0.1) is 6.58 Å². The van der Waals surface area contributed by atoms with Crippen molar-refractivity contribution in [2.45, 2.75) is 37.5 Å². The number of nitrogens with zero attached hydrogens (tertiary/aromatic N) is 3. The molecule has 0 saturated carbocycles. The molecule has 36 heavy (non-hydrogen) atoms. The predicted molar refractivity (Wildman–Crippen MR) is 136 cm³/mol. The van der Waals surface area contributed by atoms with Crippen molar-refractivity contribution in [3.8, 4) is 11.5 Å². The highest BCUT2D eigenvalue weighted by atomic mass is 32.2. The first-order valence-corrected chi connectivity index (χ1v) is 13.9. The molecular weight excluding hydrogens is 502 g/mol. The number of benzene rings is 2. The van der Waals surface area contributed by atoms with Gasteiger partial charge in [-0.1, -0.05) is 17.4 Å². The number of amides is 1. The lowest BCUT2D eigenvalue weighted by atomic mass is 10.2. The predicted octanol–water partition coefficient (Wildman–Crippen LogP) is 3.20. The summed E-state index contributed by atoms with van der Waals surface area (Å²) in [5, 5.41) is 0. The van der Waals surface area contributed by atoms with Gasteiger partial charge >= 0.3 is 0 Å². The number of aromatic nitrogens is 1. The van der Waals surface area contributed by atoms with Gasteiger partial charge in [0, 0.05) is 37.3 Å². The fraction of sp³-hybridized carbons (Fsp3) is 0.360. The van der Waals surface area contributed by atoms with Gasteiger partial charge in [-0.05, 0) is 38.1 Å². The molecule has 2 atom stereocenters. The maximum atomic E-state index is 13.1. The summed E-state index contributed by atoms with van der Waals surface area (Å²) in [6.07, 6.45) is 1.37. The molecule has 2 aliphatic rings. The summed E-state index contributed by atoms with van der Waals surface area (Å²) in [6, 6.07) is 9.68. The van der Waals surface area contributed by atoms with E-state index in [0.717, 1.165) is 10.2 Å². The molecule has 0 radical (unpaired) electrons. The summed E-state index contributed by atoms with van der Waals surface area (Å²) in [7, 11) is -3.69. The number of morpholine rings is 1. The van der Waals surface area contributed by atoms with E-state index in [1.807, 2.05) is 30.5 Å². The Balaban J connectivity index is 1.45. The molecule has 0 spiro atoms. The average molecular weight is 530 g/mol. The van der Waals surface area contributed by atoms with E-state index in [1.54, 1.807) is 6.08 Å². The molecule has 2 unspecified atom stereocenters. The van der Waals surface area contributed by atoms with Crippen LogP contribution in [0.1, 0.15) is 24.2 Å². The quantitative estimate of drug-likeness (QED) is 0.471. The van der Waals surface area contributed by atoms with Crippen molar-refractivity contribution in [1.29, 1.82) is 0 Å². The van der Waals surface area contributed by atoms with Gasteiger partial charge in [-0.25, -0.2) is 8.42 Å². The summed E-state index contributed by atoms with van der Waals surface area (Å²) < 4.78 is 47.5. The molecule has 3 aromatic rings. The van der Waals surface area contributed by atoms with Crippen molar-refractivity contribution in [3.05, 3.63) is 59.4 Å². The Bertz CT molecular complexity index is 1480. The molecule has 2 aliphatic heterocycles. The number of hydrogen-bond donors (Lipinski definition) is 0. The zero-order chi connectivity index (χ0) is 25.4. The van der Waals surface area contributed by atoms with Crippen LogP contribution in [0.4, 0.5) is 0 Å². The van der Waals surface area contributed by atoms with E-state index in [2.05, 4.69) is 11.6 Å². The topological polar surface area (TPSA) is 99.4 Å². The highest BCUT2D eigenvalue weighted by Crippen LogP contribution is 2.35. The number of thiazole rings is 1. The molecule has 1 aromatic heterocycles. The van der Waals surface area contributed by atoms with Gasteiger partial charge in [-0.2, -0.15) is 9.30 Å². The number of fused-ring (bicyclic) bond motifs is 2. The molecule has 190 valence electrons. The van der Waals surface area contributed by atoms with E-state index in [4.69, 9.17) is 14.2 Å². The summed E-state index contributed by atoms with van der Waals surface area (Å²) in [5.41, 5.74) is 1.16. The van der Waals surface area contributed by atoms with E-state index < -0.39 is 15.9 Å². The van der Waals surface area contributed by atoms with E-state index in [1.165, 1.54) is 39.9 Å². The largest absolute Gasteiger partial charge is 0.486 e. The van der Waals surface area contributed by atoms with Crippen LogP contribution in [0.5, 0.6) is 11.5 Å². The van der Waals surface area contributed by atoms with Gasteiger partial charge in [-0.3, -0.25) is 4.79 Å². The zero-order valence-corrected chi connectivity index (χ0v) is 21.7. The van der Waals surface area contributed by atoms with Crippen LogP contribution >= 0.6 is 11.3 Å². The number of ether oxygens (including phenoxy) is 3. The molecular formula is C25H27N3O6S2. The minimum Gasteiger partial charge on any atom is -0.486 e. The van der Waals surface area contributed by atoms with Crippen molar-refractivity contribution in [2.75, 3.05) is 26.3 Å². The van der Waals surface area contributed by atoms with Crippen LogP contribution in [0, 0.1) is 0 Å². The lowest BCUT2D eigenvalue weighted by Crippen LogP contribution is -2.48. The number of rotatable bonds is 5. The van der Waals surface area contributed by atoms with Gasteiger partial charge in [0.1, 0.15) is 13.2 Å². The summed E-state index contributed by atoms with van der Waals surface area (Å²) in [6.45, 7) is 9.53. The smallest absolute Gasteiger partial charge is 0.279 e. The van der Waals surface area contributed by atoms with Crippen molar-refractivity contribution in [3.63, 3.8) is 0 Å². The Kier molecular flexibility index (Phi) is 6.73. The maximum Gasteiger partial charge on any atom is 0.279 e. The van der Waals surface area contributed by atoms with Gasteiger partial charge < -0.3 is 18.8 Å². The minimum absolute atomic E-state index is 0.134. The third-order valence-corrected chi connectivity index (χ3v) is 8.87. The first kappa shape index (κ1) is 24.7. The van der Waals surface area contributed by atoms with Crippen LogP contribution in [0.25, 0.3) is 10.2 Å². The number of hydrogen-bond acceptors (Lipinski definition) is 7. The van der Waals surface area contributed by atoms with Gasteiger partial charge in [0.25, 0.3) is 5.91 Å². The third kappa shape index (κ3) is 4.71. The second-order valence-corrected chi connectivity index (χ2v) is 11.7. The van der Waals surface area contributed by atoms with Crippen molar-refractivity contribution in [2.24, 2.45) is 4.99 Å². The number of sulfonamides is 1. The van der Waals surface area contributed by atoms with Gasteiger partial charge in [0.15, 0.2) is 16.3 Å². The second kappa shape index (κ2) is 9.81. The second-order valence-electron chi connectivity index (χ2n) is 8.77. The molecule has 3 heterocycles.